The van der Waals surface area contributed by atoms with Gasteiger partial charge in [-0.15, -0.1) is 0 Å². The van der Waals surface area contributed by atoms with Crippen LogP contribution in [0.1, 0.15) is 52.2 Å². The highest BCUT2D eigenvalue weighted by molar-refractivity contribution is 5.87. The molecule has 0 N–H and O–H groups in total. The van der Waals surface area contributed by atoms with E-state index < -0.39 is 0 Å². The fourth-order valence-corrected chi connectivity index (χ4v) is 4.57. The zero-order chi connectivity index (χ0) is 19.3. The molecule has 0 fully saturated rings. The Bertz CT molecular complexity index is 1140. The maximum atomic E-state index is 4.81. The maximum absolute atomic E-state index is 4.81. The van der Waals surface area contributed by atoms with Crippen molar-refractivity contribution >= 4 is 11.6 Å². The highest BCUT2D eigenvalue weighted by atomic mass is 15.3. The van der Waals surface area contributed by atoms with Gasteiger partial charge in [-0.2, -0.15) is 5.10 Å². The summed E-state index contributed by atoms with van der Waals surface area (Å²) >= 11 is 0. The Morgan fingerprint density at radius 2 is 1.96 bits per heavy atom. The van der Waals surface area contributed by atoms with E-state index in [9.17, 15) is 0 Å². The summed E-state index contributed by atoms with van der Waals surface area (Å²) < 4.78 is 1.95. The van der Waals surface area contributed by atoms with Crippen molar-refractivity contribution in [2.75, 3.05) is 0 Å². The number of nitrogens with zero attached hydrogens (tertiary/aromatic N) is 3. The van der Waals surface area contributed by atoms with Gasteiger partial charge >= 0.3 is 0 Å². The predicted octanol–water partition coefficient (Wildman–Crippen LogP) is 5.44. The molecule has 3 aromatic rings. The lowest BCUT2D eigenvalue weighted by Gasteiger charge is -2.12. The molecule has 2 aliphatic carbocycles. The third-order valence-corrected chi connectivity index (χ3v) is 6.13. The zero-order valence-electron chi connectivity index (χ0n) is 16.8. The molecule has 2 aromatic heterocycles. The predicted molar refractivity (Wildman–Crippen MR) is 115 cm³/mol. The van der Waals surface area contributed by atoms with Crippen molar-refractivity contribution in [1.82, 2.24) is 14.8 Å². The molecule has 0 amide bonds. The van der Waals surface area contributed by atoms with E-state index in [1.165, 1.54) is 57.6 Å². The van der Waals surface area contributed by atoms with Crippen LogP contribution in [0.3, 0.4) is 0 Å². The Labute approximate surface area is 166 Å². The Hall–Kier alpha value is -2.94. The minimum Gasteiger partial charge on any atom is -0.272 e. The number of aryl methyl sites for hydroxylation is 3. The van der Waals surface area contributed by atoms with Crippen molar-refractivity contribution in [2.24, 2.45) is 7.05 Å². The highest BCUT2D eigenvalue weighted by Gasteiger charge is 2.21. The molecule has 2 aliphatic rings. The first-order chi connectivity index (χ1) is 13.6. The molecule has 1 aromatic carbocycles. The Morgan fingerprint density at radius 1 is 1.07 bits per heavy atom. The number of benzene rings is 1. The van der Waals surface area contributed by atoms with Crippen LogP contribution in [0.25, 0.3) is 22.8 Å². The van der Waals surface area contributed by atoms with Crippen LogP contribution in [0, 0.1) is 13.8 Å². The highest BCUT2D eigenvalue weighted by Crippen LogP contribution is 2.36. The molecule has 0 bridgehead atoms. The number of pyridine rings is 1. The van der Waals surface area contributed by atoms with E-state index in [0.717, 1.165) is 24.1 Å². The Balaban J connectivity index is 1.58. The van der Waals surface area contributed by atoms with Gasteiger partial charge in [0.05, 0.1) is 11.4 Å². The minimum absolute atomic E-state index is 0.910. The van der Waals surface area contributed by atoms with Crippen LogP contribution in [0.5, 0.6) is 0 Å². The van der Waals surface area contributed by atoms with E-state index in [0.29, 0.717) is 0 Å². The molecule has 0 unspecified atom stereocenters. The summed E-state index contributed by atoms with van der Waals surface area (Å²) in [5.74, 6) is 0. The van der Waals surface area contributed by atoms with Crippen molar-refractivity contribution in [3.8, 4) is 11.1 Å². The second-order valence-corrected chi connectivity index (χ2v) is 7.92. The van der Waals surface area contributed by atoms with Crippen molar-refractivity contribution in [3.05, 3.63) is 81.9 Å². The van der Waals surface area contributed by atoms with Gasteiger partial charge in [0.2, 0.25) is 0 Å². The first kappa shape index (κ1) is 17.2. The molecule has 2 heterocycles. The van der Waals surface area contributed by atoms with Gasteiger partial charge in [0, 0.05) is 42.0 Å². The van der Waals surface area contributed by atoms with Gasteiger partial charge in [-0.3, -0.25) is 9.67 Å². The molecule has 0 aliphatic heterocycles. The van der Waals surface area contributed by atoms with E-state index >= 15 is 0 Å². The van der Waals surface area contributed by atoms with E-state index in [1.807, 2.05) is 17.9 Å². The van der Waals surface area contributed by atoms with E-state index in [-0.39, 0.29) is 0 Å². The van der Waals surface area contributed by atoms with Crippen molar-refractivity contribution in [3.63, 3.8) is 0 Å². The molecular weight excluding hydrogens is 342 g/mol. The van der Waals surface area contributed by atoms with Crippen LogP contribution in [0.15, 0.2) is 42.6 Å². The van der Waals surface area contributed by atoms with Gasteiger partial charge in [-0.05, 0) is 61.4 Å². The smallest absolute Gasteiger partial charge is 0.0675 e. The molecule has 0 saturated carbocycles. The second kappa shape index (κ2) is 6.59. The second-order valence-electron chi connectivity index (χ2n) is 7.92. The average Bonchev–Trinajstić information content (AvgIpc) is 3.11. The molecule has 0 radical (unpaired) electrons. The Morgan fingerprint density at radius 3 is 2.79 bits per heavy atom. The molecule has 0 atom stereocenters. The van der Waals surface area contributed by atoms with Crippen LogP contribution in [-0.2, 0) is 19.9 Å². The van der Waals surface area contributed by atoms with Crippen LogP contribution in [-0.4, -0.2) is 14.8 Å². The van der Waals surface area contributed by atoms with Gasteiger partial charge in [0.15, 0.2) is 0 Å². The number of hydrogen-bond acceptors (Lipinski definition) is 2. The van der Waals surface area contributed by atoms with Gasteiger partial charge in [-0.25, -0.2) is 0 Å². The van der Waals surface area contributed by atoms with Crippen LogP contribution >= 0.6 is 0 Å². The van der Waals surface area contributed by atoms with Crippen molar-refractivity contribution in [1.29, 1.82) is 0 Å². The van der Waals surface area contributed by atoms with E-state index in [2.05, 4.69) is 61.4 Å². The topological polar surface area (TPSA) is 30.7 Å². The first-order valence-electron chi connectivity index (χ1n) is 10.1. The average molecular weight is 367 g/mol. The van der Waals surface area contributed by atoms with Crippen LogP contribution in [0.4, 0.5) is 0 Å². The lowest BCUT2D eigenvalue weighted by atomic mass is 9.93. The third-order valence-electron chi connectivity index (χ3n) is 6.13. The first-order valence-corrected chi connectivity index (χ1v) is 10.1. The van der Waals surface area contributed by atoms with Crippen LogP contribution < -0.4 is 0 Å². The molecule has 0 saturated heterocycles. The van der Waals surface area contributed by atoms with Gasteiger partial charge in [0.1, 0.15) is 0 Å². The lowest BCUT2D eigenvalue weighted by Crippen LogP contribution is -1.96. The maximum Gasteiger partial charge on any atom is 0.0675 e. The van der Waals surface area contributed by atoms with Gasteiger partial charge < -0.3 is 0 Å². The summed E-state index contributed by atoms with van der Waals surface area (Å²) in [6, 6.07) is 9.24. The monoisotopic (exact) mass is 367 g/mol. The molecule has 0 spiro atoms. The normalized spacial score (nSPS) is 15.2. The number of aromatic nitrogens is 3. The molecule has 5 rings (SSSR count). The molecule has 3 heteroatoms. The van der Waals surface area contributed by atoms with Crippen molar-refractivity contribution in [2.45, 2.75) is 39.5 Å². The third kappa shape index (κ3) is 2.73. The summed E-state index contributed by atoms with van der Waals surface area (Å²) in [7, 11) is 2.00. The fraction of sp³-hybridized carbons (Fsp3) is 0.280. The number of fused-ring (bicyclic) bond motifs is 2. The standard InChI is InChI=1S/C25H25N3/c1-16-25(17(2)28(3)27-16)21-14-23-22(11-12-24(23)26-15-21)20-10-9-18-7-5-4-6-8-19(18)13-20/h5,7,9-11,13-15H,4,6,8,12H2,1-3H3. The summed E-state index contributed by atoms with van der Waals surface area (Å²) in [6.07, 6.45) is 13.4. The van der Waals surface area contributed by atoms with E-state index in [4.69, 9.17) is 4.98 Å². The number of hydrogen-bond donors (Lipinski definition) is 0. The minimum atomic E-state index is 0.910. The molecule has 3 nitrogen and oxygen atoms in total. The van der Waals surface area contributed by atoms with E-state index in [1.54, 1.807) is 0 Å². The van der Waals surface area contributed by atoms with Gasteiger partial charge in [-0.1, -0.05) is 36.4 Å². The zero-order valence-corrected chi connectivity index (χ0v) is 16.8. The lowest BCUT2D eigenvalue weighted by molar-refractivity contribution is 0.731. The molecule has 140 valence electrons. The quantitative estimate of drug-likeness (QED) is 0.604. The largest absolute Gasteiger partial charge is 0.272 e. The summed E-state index contributed by atoms with van der Waals surface area (Å²) in [4.78, 5) is 4.81. The van der Waals surface area contributed by atoms with Crippen molar-refractivity contribution < 1.29 is 0 Å². The fourth-order valence-electron chi connectivity index (χ4n) is 4.57. The summed E-state index contributed by atoms with van der Waals surface area (Å²) in [5.41, 5.74) is 12.5. The summed E-state index contributed by atoms with van der Waals surface area (Å²) in [5, 5.41) is 4.58. The van der Waals surface area contributed by atoms with Crippen LogP contribution in [0.2, 0.25) is 0 Å². The number of allylic oxidation sites excluding steroid dienone is 2. The molecule has 28 heavy (non-hydrogen) atoms. The van der Waals surface area contributed by atoms with Gasteiger partial charge in [0.25, 0.3) is 0 Å². The SMILES string of the molecule is Cc1nn(C)c(C)c1-c1cnc2c(c1)C(c1ccc3c(c1)CCCC=C3)=CC2. The Kier molecular flexibility index (Phi) is 4.04. The summed E-state index contributed by atoms with van der Waals surface area (Å²) in [6.45, 7) is 4.20. The molecular formula is C25H25N3. The number of rotatable bonds is 2.